The molecule has 0 aliphatic carbocycles. The Labute approximate surface area is 118 Å². The third kappa shape index (κ3) is 3.80. The lowest BCUT2D eigenvalue weighted by atomic mass is 10.1. The lowest BCUT2D eigenvalue weighted by molar-refractivity contribution is 0.233. The molecule has 102 valence electrons. The van der Waals surface area contributed by atoms with Gasteiger partial charge in [0.1, 0.15) is 0 Å². The third-order valence-corrected chi connectivity index (χ3v) is 3.53. The highest BCUT2D eigenvalue weighted by atomic mass is 79.9. The molecule has 1 unspecified atom stereocenters. The Hall–Kier alpha value is -0.900. The van der Waals surface area contributed by atoms with Crippen LogP contribution >= 0.6 is 15.9 Å². The van der Waals surface area contributed by atoms with Crippen LogP contribution in [-0.2, 0) is 5.33 Å². The van der Waals surface area contributed by atoms with Gasteiger partial charge in [0.2, 0.25) is 5.75 Å². The van der Waals surface area contributed by atoms with Crippen LogP contribution in [0.25, 0.3) is 0 Å². The predicted octanol–water partition coefficient (Wildman–Crippen LogP) is 4.02. The molecule has 1 atom stereocenters. The number of alkyl halides is 1. The molecule has 0 bridgehead atoms. The van der Waals surface area contributed by atoms with Crippen molar-refractivity contribution in [3.8, 4) is 17.2 Å². The molecule has 0 amide bonds. The van der Waals surface area contributed by atoms with E-state index in [9.17, 15) is 0 Å². The summed E-state index contributed by atoms with van der Waals surface area (Å²) >= 11 is 3.43. The zero-order valence-corrected chi connectivity index (χ0v) is 13.0. The number of benzene rings is 1. The first kappa shape index (κ1) is 15.2. The van der Waals surface area contributed by atoms with Crippen LogP contribution in [0.1, 0.15) is 25.8 Å². The minimum atomic E-state index is 0.510. The normalized spacial score (nSPS) is 12.1. The lowest BCUT2D eigenvalue weighted by Gasteiger charge is -2.17. The van der Waals surface area contributed by atoms with E-state index in [1.807, 2.05) is 12.1 Å². The number of halogens is 1. The Bertz CT molecular complexity index is 354. The summed E-state index contributed by atoms with van der Waals surface area (Å²) in [5, 5.41) is 0.755. The molecule has 0 heterocycles. The first-order chi connectivity index (χ1) is 8.65. The van der Waals surface area contributed by atoms with Gasteiger partial charge in [-0.1, -0.05) is 36.2 Å². The van der Waals surface area contributed by atoms with Gasteiger partial charge in [0.25, 0.3) is 0 Å². The maximum absolute atomic E-state index is 5.84. The molecular formula is C14H21BrO3. The van der Waals surface area contributed by atoms with E-state index in [4.69, 9.17) is 14.2 Å². The summed E-state index contributed by atoms with van der Waals surface area (Å²) in [6.07, 6.45) is 1.09. The standard InChI is InChI=1S/C14H21BrO3/c1-5-10(2)9-18-14-12(16-3)6-11(8-15)7-13(14)17-4/h6-7,10H,5,8-9H2,1-4H3. The number of ether oxygens (including phenoxy) is 3. The molecule has 0 fully saturated rings. The van der Waals surface area contributed by atoms with Crippen LogP contribution in [0.5, 0.6) is 17.2 Å². The van der Waals surface area contributed by atoms with E-state index in [1.54, 1.807) is 14.2 Å². The van der Waals surface area contributed by atoms with E-state index in [-0.39, 0.29) is 0 Å². The van der Waals surface area contributed by atoms with Crippen LogP contribution in [-0.4, -0.2) is 20.8 Å². The largest absolute Gasteiger partial charge is 0.493 e. The molecule has 0 aliphatic rings. The molecule has 0 saturated heterocycles. The van der Waals surface area contributed by atoms with Crippen molar-refractivity contribution >= 4 is 15.9 Å². The van der Waals surface area contributed by atoms with Crippen molar-refractivity contribution in [2.24, 2.45) is 5.92 Å². The maximum Gasteiger partial charge on any atom is 0.203 e. The smallest absolute Gasteiger partial charge is 0.203 e. The molecule has 1 aromatic carbocycles. The van der Waals surface area contributed by atoms with Crippen molar-refractivity contribution in [2.45, 2.75) is 25.6 Å². The highest BCUT2D eigenvalue weighted by Gasteiger charge is 2.14. The predicted molar refractivity (Wildman–Crippen MR) is 77.1 cm³/mol. The minimum Gasteiger partial charge on any atom is -0.493 e. The van der Waals surface area contributed by atoms with Gasteiger partial charge in [-0.25, -0.2) is 0 Å². The molecule has 0 aliphatic heterocycles. The van der Waals surface area contributed by atoms with E-state index in [0.717, 1.165) is 17.3 Å². The topological polar surface area (TPSA) is 27.7 Å². The van der Waals surface area contributed by atoms with Crippen molar-refractivity contribution < 1.29 is 14.2 Å². The van der Waals surface area contributed by atoms with Crippen LogP contribution in [0, 0.1) is 5.92 Å². The Morgan fingerprint density at radius 3 is 2.11 bits per heavy atom. The Kier molecular flexibility index (Phi) is 6.33. The highest BCUT2D eigenvalue weighted by molar-refractivity contribution is 9.08. The highest BCUT2D eigenvalue weighted by Crippen LogP contribution is 2.39. The third-order valence-electron chi connectivity index (χ3n) is 2.88. The average Bonchev–Trinajstić information content (AvgIpc) is 2.43. The summed E-state index contributed by atoms with van der Waals surface area (Å²) in [6, 6.07) is 3.92. The number of rotatable bonds is 7. The van der Waals surface area contributed by atoms with E-state index < -0.39 is 0 Å². The Morgan fingerprint density at radius 1 is 1.17 bits per heavy atom. The zero-order valence-electron chi connectivity index (χ0n) is 11.5. The molecule has 0 radical (unpaired) electrons. The van der Waals surface area contributed by atoms with Crippen LogP contribution in [0.15, 0.2) is 12.1 Å². The zero-order chi connectivity index (χ0) is 13.5. The van der Waals surface area contributed by atoms with E-state index in [2.05, 4.69) is 29.8 Å². The summed E-state index contributed by atoms with van der Waals surface area (Å²) < 4.78 is 16.6. The molecule has 0 N–H and O–H groups in total. The van der Waals surface area contributed by atoms with Crippen molar-refractivity contribution in [3.05, 3.63) is 17.7 Å². The summed E-state index contributed by atoms with van der Waals surface area (Å²) in [5.74, 6) is 2.62. The van der Waals surface area contributed by atoms with Crippen molar-refractivity contribution in [1.82, 2.24) is 0 Å². The van der Waals surface area contributed by atoms with Gasteiger partial charge in [-0.2, -0.15) is 0 Å². The van der Waals surface area contributed by atoms with E-state index in [0.29, 0.717) is 29.8 Å². The van der Waals surface area contributed by atoms with Crippen molar-refractivity contribution in [2.75, 3.05) is 20.8 Å². The number of methoxy groups -OCH3 is 2. The average molecular weight is 317 g/mol. The van der Waals surface area contributed by atoms with Gasteiger partial charge >= 0.3 is 0 Å². The van der Waals surface area contributed by atoms with Gasteiger partial charge in [0.05, 0.1) is 20.8 Å². The van der Waals surface area contributed by atoms with Crippen molar-refractivity contribution in [1.29, 1.82) is 0 Å². The molecule has 1 aromatic rings. The van der Waals surface area contributed by atoms with Crippen LogP contribution < -0.4 is 14.2 Å². The first-order valence-electron chi connectivity index (χ1n) is 6.09. The van der Waals surface area contributed by atoms with Gasteiger partial charge in [0.15, 0.2) is 11.5 Å². The molecule has 1 rings (SSSR count). The fraction of sp³-hybridized carbons (Fsp3) is 0.571. The van der Waals surface area contributed by atoms with E-state index in [1.165, 1.54) is 0 Å². The monoisotopic (exact) mass is 316 g/mol. The lowest BCUT2D eigenvalue weighted by Crippen LogP contribution is -2.09. The maximum atomic E-state index is 5.84. The molecule has 3 nitrogen and oxygen atoms in total. The number of hydrogen-bond donors (Lipinski definition) is 0. The summed E-state index contributed by atoms with van der Waals surface area (Å²) in [6.45, 7) is 4.97. The second kappa shape index (κ2) is 7.52. The van der Waals surface area contributed by atoms with Crippen LogP contribution in [0.3, 0.4) is 0 Å². The van der Waals surface area contributed by atoms with Crippen LogP contribution in [0.2, 0.25) is 0 Å². The SMILES string of the molecule is CCC(C)COc1c(OC)cc(CBr)cc1OC. The van der Waals surface area contributed by atoms with Gasteiger partial charge in [-0.05, 0) is 23.6 Å². The van der Waals surface area contributed by atoms with Crippen molar-refractivity contribution in [3.63, 3.8) is 0 Å². The molecular weight excluding hydrogens is 296 g/mol. The van der Waals surface area contributed by atoms with E-state index >= 15 is 0 Å². The summed E-state index contributed by atoms with van der Waals surface area (Å²) in [5.41, 5.74) is 1.10. The summed E-state index contributed by atoms with van der Waals surface area (Å²) in [4.78, 5) is 0. The molecule has 18 heavy (non-hydrogen) atoms. The van der Waals surface area contributed by atoms with Gasteiger partial charge in [-0.3, -0.25) is 0 Å². The second-order valence-corrected chi connectivity index (χ2v) is 4.85. The Balaban J connectivity index is 2.99. The molecule has 4 heteroatoms. The molecule has 0 aromatic heterocycles. The van der Waals surface area contributed by atoms with Gasteiger partial charge in [0, 0.05) is 5.33 Å². The first-order valence-corrected chi connectivity index (χ1v) is 7.22. The summed E-state index contributed by atoms with van der Waals surface area (Å²) in [7, 11) is 3.28. The van der Waals surface area contributed by atoms with Crippen LogP contribution in [0.4, 0.5) is 0 Å². The fourth-order valence-corrected chi connectivity index (χ4v) is 1.82. The second-order valence-electron chi connectivity index (χ2n) is 4.29. The Morgan fingerprint density at radius 2 is 1.72 bits per heavy atom. The number of hydrogen-bond acceptors (Lipinski definition) is 3. The van der Waals surface area contributed by atoms with Gasteiger partial charge in [-0.15, -0.1) is 0 Å². The fourth-order valence-electron chi connectivity index (χ4n) is 1.50. The molecule has 0 spiro atoms. The van der Waals surface area contributed by atoms with Gasteiger partial charge < -0.3 is 14.2 Å². The minimum absolute atomic E-state index is 0.510. The quantitative estimate of drug-likeness (QED) is 0.711. The molecule has 0 saturated carbocycles.